The number of anilines is 1. The van der Waals surface area contributed by atoms with Crippen LogP contribution in [-0.4, -0.2) is 31.1 Å². The SMILES string of the molecule is CCCCOC(=O)c1ccc(NC(=O)COC(=O)c2ccc(C#N)cc2)cc1. The summed E-state index contributed by atoms with van der Waals surface area (Å²) in [5.74, 6) is -1.59. The lowest BCUT2D eigenvalue weighted by Gasteiger charge is -2.08. The topological polar surface area (TPSA) is 105 Å². The lowest BCUT2D eigenvalue weighted by Crippen LogP contribution is -2.21. The summed E-state index contributed by atoms with van der Waals surface area (Å²) in [5.41, 5.74) is 1.52. The van der Waals surface area contributed by atoms with Crippen LogP contribution in [0.3, 0.4) is 0 Å². The van der Waals surface area contributed by atoms with Crippen molar-refractivity contribution in [2.75, 3.05) is 18.5 Å². The predicted octanol–water partition coefficient (Wildman–Crippen LogP) is 3.31. The molecule has 0 bridgehead atoms. The van der Waals surface area contributed by atoms with Crippen LogP contribution >= 0.6 is 0 Å². The molecule has 0 unspecified atom stereocenters. The van der Waals surface area contributed by atoms with Gasteiger partial charge in [0.05, 0.1) is 29.4 Å². The van der Waals surface area contributed by atoms with Gasteiger partial charge in [-0.25, -0.2) is 9.59 Å². The van der Waals surface area contributed by atoms with Crippen LogP contribution in [0.1, 0.15) is 46.0 Å². The molecule has 0 aliphatic rings. The fourth-order valence-corrected chi connectivity index (χ4v) is 2.17. The summed E-state index contributed by atoms with van der Waals surface area (Å²) in [4.78, 5) is 35.6. The summed E-state index contributed by atoms with van der Waals surface area (Å²) in [6.45, 7) is 1.92. The molecule has 0 spiro atoms. The summed E-state index contributed by atoms with van der Waals surface area (Å²) in [5, 5.41) is 11.3. The lowest BCUT2D eigenvalue weighted by molar-refractivity contribution is -0.119. The molecule has 1 amide bonds. The average Bonchev–Trinajstić information content (AvgIpc) is 2.72. The second-order valence-corrected chi connectivity index (χ2v) is 5.88. The first-order chi connectivity index (χ1) is 13.5. The van der Waals surface area contributed by atoms with E-state index >= 15 is 0 Å². The predicted molar refractivity (Wildman–Crippen MR) is 102 cm³/mol. The molecule has 7 heteroatoms. The largest absolute Gasteiger partial charge is 0.462 e. The standard InChI is InChI=1S/C21H20N2O5/c1-2-3-12-27-20(25)17-8-10-18(11-9-17)23-19(24)14-28-21(26)16-6-4-15(13-22)5-7-16/h4-11H,2-3,12,14H2,1H3,(H,23,24). The van der Waals surface area contributed by atoms with E-state index in [0.717, 1.165) is 12.8 Å². The van der Waals surface area contributed by atoms with Crippen LogP contribution in [0.25, 0.3) is 0 Å². The fourth-order valence-electron chi connectivity index (χ4n) is 2.17. The van der Waals surface area contributed by atoms with Gasteiger partial charge in [-0.05, 0) is 55.0 Å². The van der Waals surface area contributed by atoms with Gasteiger partial charge in [0.1, 0.15) is 0 Å². The molecule has 2 rings (SSSR count). The van der Waals surface area contributed by atoms with E-state index in [1.54, 1.807) is 24.3 Å². The maximum Gasteiger partial charge on any atom is 0.338 e. The minimum Gasteiger partial charge on any atom is -0.462 e. The number of esters is 2. The Balaban J connectivity index is 1.81. The van der Waals surface area contributed by atoms with Crippen LogP contribution < -0.4 is 5.32 Å². The third-order valence-electron chi connectivity index (χ3n) is 3.72. The summed E-state index contributed by atoms with van der Waals surface area (Å²) in [7, 11) is 0. The van der Waals surface area contributed by atoms with Gasteiger partial charge in [0.25, 0.3) is 5.91 Å². The Labute approximate surface area is 162 Å². The Kier molecular flexibility index (Phi) is 7.73. The highest BCUT2D eigenvalue weighted by molar-refractivity contribution is 5.96. The molecular weight excluding hydrogens is 360 g/mol. The van der Waals surface area contributed by atoms with Crippen molar-refractivity contribution in [2.45, 2.75) is 19.8 Å². The van der Waals surface area contributed by atoms with Gasteiger partial charge in [-0.2, -0.15) is 5.26 Å². The number of carbonyl (C=O) groups is 3. The first-order valence-corrected chi connectivity index (χ1v) is 8.77. The molecule has 0 aromatic heterocycles. The minimum atomic E-state index is -0.662. The van der Waals surface area contributed by atoms with E-state index in [0.29, 0.717) is 23.4 Å². The lowest BCUT2D eigenvalue weighted by atomic mass is 10.1. The number of ether oxygens (including phenoxy) is 2. The molecule has 2 aromatic rings. The molecule has 7 nitrogen and oxygen atoms in total. The Hall–Kier alpha value is -3.66. The van der Waals surface area contributed by atoms with Crippen molar-refractivity contribution < 1.29 is 23.9 Å². The summed E-state index contributed by atoms with van der Waals surface area (Å²) in [6, 6.07) is 14.1. The van der Waals surface area contributed by atoms with Crippen LogP contribution in [0.15, 0.2) is 48.5 Å². The number of nitrogens with zero attached hydrogens (tertiary/aromatic N) is 1. The molecule has 0 heterocycles. The molecule has 0 saturated carbocycles. The summed E-state index contributed by atoms with van der Waals surface area (Å²) in [6.07, 6.45) is 1.75. The molecule has 0 fully saturated rings. The van der Waals surface area contributed by atoms with Crippen LogP contribution in [0, 0.1) is 11.3 Å². The van der Waals surface area contributed by atoms with Gasteiger partial charge >= 0.3 is 11.9 Å². The molecular formula is C21H20N2O5. The number of hydrogen-bond donors (Lipinski definition) is 1. The van der Waals surface area contributed by atoms with Gasteiger partial charge in [-0.1, -0.05) is 13.3 Å². The second kappa shape index (κ2) is 10.5. The number of benzene rings is 2. The van der Waals surface area contributed by atoms with Crippen LogP contribution in [0.5, 0.6) is 0 Å². The number of unbranched alkanes of at least 4 members (excludes halogenated alkanes) is 1. The highest BCUT2D eigenvalue weighted by Crippen LogP contribution is 2.11. The molecule has 1 N–H and O–H groups in total. The highest BCUT2D eigenvalue weighted by atomic mass is 16.5. The minimum absolute atomic E-state index is 0.248. The zero-order chi connectivity index (χ0) is 20.4. The van der Waals surface area contributed by atoms with E-state index in [1.807, 2.05) is 13.0 Å². The quantitative estimate of drug-likeness (QED) is 0.556. The molecule has 0 aliphatic carbocycles. The van der Waals surface area contributed by atoms with Crippen LogP contribution in [0.4, 0.5) is 5.69 Å². The normalized spacial score (nSPS) is 9.86. The Bertz CT molecular complexity index is 867. The number of rotatable bonds is 8. The molecule has 28 heavy (non-hydrogen) atoms. The molecule has 0 aliphatic heterocycles. The maximum atomic E-state index is 11.9. The van der Waals surface area contributed by atoms with Gasteiger partial charge in [0.2, 0.25) is 0 Å². The summed E-state index contributed by atoms with van der Waals surface area (Å²) >= 11 is 0. The summed E-state index contributed by atoms with van der Waals surface area (Å²) < 4.78 is 10.1. The van der Waals surface area contributed by atoms with Crippen molar-refractivity contribution >= 4 is 23.5 Å². The van der Waals surface area contributed by atoms with Gasteiger partial charge in [0, 0.05) is 5.69 Å². The smallest absolute Gasteiger partial charge is 0.338 e. The number of carbonyl (C=O) groups excluding carboxylic acids is 3. The highest BCUT2D eigenvalue weighted by Gasteiger charge is 2.11. The zero-order valence-corrected chi connectivity index (χ0v) is 15.4. The number of amides is 1. The van der Waals surface area contributed by atoms with Gasteiger partial charge in [0.15, 0.2) is 6.61 Å². The zero-order valence-electron chi connectivity index (χ0n) is 15.4. The van der Waals surface area contributed by atoms with E-state index in [2.05, 4.69) is 5.32 Å². The number of nitrogens with one attached hydrogen (secondary N) is 1. The third kappa shape index (κ3) is 6.25. The first-order valence-electron chi connectivity index (χ1n) is 8.77. The molecule has 0 atom stereocenters. The Morgan fingerprint density at radius 1 is 0.929 bits per heavy atom. The van der Waals surface area contributed by atoms with Crippen molar-refractivity contribution in [2.24, 2.45) is 0 Å². The average molecular weight is 380 g/mol. The number of nitriles is 1. The Morgan fingerprint density at radius 3 is 2.07 bits per heavy atom. The first kappa shape index (κ1) is 20.6. The van der Waals surface area contributed by atoms with Crippen molar-refractivity contribution in [3.8, 4) is 6.07 Å². The number of hydrogen-bond acceptors (Lipinski definition) is 6. The van der Waals surface area contributed by atoms with E-state index in [1.165, 1.54) is 24.3 Å². The third-order valence-corrected chi connectivity index (χ3v) is 3.72. The van der Waals surface area contributed by atoms with Crippen molar-refractivity contribution in [1.82, 2.24) is 0 Å². The molecule has 0 saturated heterocycles. The van der Waals surface area contributed by atoms with Crippen molar-refractivity contribution in [1.29, 1.82) is 5.26 Å². The molecule has 0 radical (unpaired) electrons. The maximum absolute atomic E-state index is 11.9. The van der Waals surface area contributed by atoms with E-state index in [-0.39, 0.29) is 5.56 Å². The van der Waals surface area contributed by atoms with Crippen molar-refractivity contribution in [3.63, 3.8) is 0 Å². The molecule has 2 aromatic carbocycles. The Morgan fingerprint density at radius 2 is 1.50 bits per heavy atom. The van der Waals surface area contributed by atoms with E-state index < -0.39 is 24.5 Å². The van der Waals surface area contributed by atoms with Gasteiger partial charge in [-0.15, -0.1) is 0 Å². The second-order valence-electron chi connectivity index (χ2n) is 5.88. The van der Waals surface area contributed by atoms with Gasteiger partial charge < -0.3 is 14.8 Å². The van der Waals surface area contributed by atoms with Crippen molar-refractivity contribution in [3.05, 3.63) is 65.2 Å². The van der Waals surface area contributed by atoms with Crippen LogP contribution in [0.2, 0.25) is 0 Å². The van der Waals surface area contributed by atoms with Gasteiger partial charge in [-0.3, -0.25) is 4.79 Å². The van der Waals surface area contributed by atoms with E-state index in [4.69, 9.17) is 14.7 Å². The molecule has 144 valence electrons. The van der Waals surface area contributed by atoms with E-state index in [9.17, 15) is 14.4 Å². The monoisotopic (exact) mass is 380 g/mol. The fraction of sp³-hybridized carbons (Fsp3) is 0.238. The van der Waals surface area contributed by atoms with Crippen LogP contribution in [-0.2, 0) is 14.3 Å².